The number of amidine groups is 1. The minimum Gasteiger partial charge on any atom is -0.489 e. The first kappa shape index (κ1) is 28.3. The second-order valence-corrected chi connectivity index (χ2v) is 10.7. The van der Waals surface area contributed by atoms with Crippen molar-refractivity contribution in [2.75, 3.05) is 19.7 Å². The molecule has 3 aliphatic rings. The van der Waals surface area contributed by atoms with Crippen molar-refractivity contribution in [1.29, 1.82) is 5.26 Å². The van der Waals surface area contributed by atoms with Gasteiger partial charge in [0, 0.05) is 42.5 Å². The molecule has 3 fully saturated rings. The molecule has 0 saturated carbocycles. The van der Waals surface area contributed by atoms with E-state index in [1.165, 1.54) is 6.20 Å². The van der Waals surface area contributed by atoms with Gasteiger partial charge in [-0.2, -0.15) is 28.5 Å². The van der Waals surface area contributed by atoms with Crippen LogP contribution in [0.25, 0.3) is 11.1 Å². The highest BCUT2D eigenvalue weighted by Gasteiger charge is 2.46. The van der Waals surface area contributed by atoms with E-state index in [2.05, 4.69) is 42.7 Å². The van der Waals surface area contributed by atoms with Gasteiger partial charge in [0.15, 0.2) is 0 Å². The number of pyridine rings is 1. The van der Waals surface area contributed by atoms with E-state index in [-0.39, 0.29) is 31.1 Å². The van der Waals surface area contributed by atoms with E-state index < -0.39 is 17.6 Å². The highest BCUT2D eigenvalue weighted by Crippen LogP contribution is 2.35. The molecule has 3 aliphatic heterocycles. The zero-order valence-corrected chi connectivity index (χ0v) is 22.8. The fourth-order valence-electron chi connectivity index (χ4n) is 5.01. The van der Waals surface area contributed by atoms with E-state index in [1.54, 1.807) is 42.9 Å². The number of piperidine rings is 1. The number of ether oxygens (including phenoxy) is 1. The third kappa shape index (κ3) is 5.96. The number of aromatic nitrogens is 4. The van der Waals surface area contributed by atoms with Crippen molar-refractivity contribution in [2.45, 2.75) is 57.6 Å². The first-order chi connectivity index (χ1) is 19.4. The van der Waals surface area contributed by atoms with Crippen LogP contribution in [0.1, 0.15) is 50.0 Å². The Labute approximate surface area is 233 Å². The number of fused-ring (bicyclic) bond motifs is 3. The molecule has 3 saturated heterocycles. The van der Waals surface area contributed by atoms with Crippen LogP contribution in [-0.2, 0) is 12.7 Å². The van der Waals surface area contributed by atoms with Gasteiger partial charge in [-0.25, -0.2) is 9.51 Å². The maximum Gasteiger partial charge on any atom is 0.455 e. The smallest absolute Gasteiger partial charge is 0.455 e. The molecule has 3 aromatic rings. The SMILES string of the molecule is C=C/C(=C\N=C(C)N1CC2CC(C1)N2Cc1nc(C(F)(F)F)no1)c1cc(OCC(C)(C)O)cn2ncc(C#N)c12. The van der Waals surface area contributed by atoms with Crippen molar-refractivity contribution >= 4 is 16.9 Å². The molecule has 41 heavy (non-hydrogen) atoms. The fraction of sp³-hybridized carbons (Fsp3) is 0.444. The summed E-state index contributed by atoms with van der Waals surface area (Å²) in [5.41, 5.74) is 1.19. The topological polar surface area (TPSA) is 128 Å². The normalized spacial score (nSPS) is 20.2. The molecule has 216 valence electrons. The first-order valence-corrected chi connectivity index (χ1v) is 12.9. The van der Waals surface area contributed by atoms with Gasteiger partial charge in [0.1, 0.15) is 24.3 Å². The van der Waals surface area contributed by atoms with E-state index in [1.807, 2.05) is 6.92 Å². The van der Waals surface area contributed by atoms with Gasteiger partial charge in [-0.3, -0.25) is 4.90 Å². The van der Waals surface area contributed by atoms with Crippen LogP contribution in [0.5, 0.6) is 5.75 Å². The quantitative estimate of drug-likeness (QED) is 0.245. The maximum absolute atomic E-state index is 12.8. The van der Waals surface area contributed by atoms with E-state index in [0.717, 1.165) is 12.3 Å². The molecule has 3 aromatic heterocycles. The van der Waals surface area contributed by atoms with Gasteiger partial charge < -0.3 is 19.3 Å². The standard InChI is InChI=1S/C27H29F3N8O3/c1-5-17(22-7-21(40-15-26(3,4)39)13-38-24(22)18(8-31)10-33-38)9-32-16(2)36-11-19-6-20(12-36)37(19)14-23-34-25(35-41-23)27(28,29)30/h5,7,9-10,13,19-20,39H,1,6,11-12,14-15H2,2-4H3/b17-9+,32-16?. The molecule has 0 spiro atoms. The second kappa shape index (κ2) is 10.6. The highest BCUT2D eigenvalue weighted by molar-refractivity contribution is 5.88. The van der Waals surface area contributed by atoms with Crippen molar-refractivity contribution in [1.82, 2.24) is 29.6 Å². The van der Waals surface area contributed by atoms with Crippen LogP contribution in [0, 0.1) is 11.3 Å². The molecule has 0 radical (unpaired) electrons. The Morgan fingerprint density at radius 1 is 1.34 bits per heavy atom. The fourth-order valence-corrected chi connectivity index (χ4v) is 5.01. The molecule has 6 heterocycles. The van der Waals surface area contributed by atoms with Crippen molar-refractivity contribution in [3.63, 3.8) is 0 Å². The van der Waals surface area contributed by atoms with Crippen LogP contribution in [0.4, 0.5) is 13.2 Å². The molecule has 14 heteroatoms. The minimum absolute atomic E-state index is 0.0545. The number of rotatable bonds is 8. The van der Waals surface area contributed by atoms with Gasteiger partial charge in [-0.1, -0.05) is 17.8 Å². The number of halogens is 3. The van der Waals surface area contributed by atoms with Gasteiger partial charge in [-0.05, 0) is 33.3 Å². The lowest BCUT2D eigenvalue weighted by atomic mass is 9.87. The van der Waals surface area contributed by atoms with Crippen LogP contribution in [0.15, 0.2) is 46.8 Å². The largest absolute Gasteiger partial charge is 0.489 e. The second-order valence-electron chi connectivity index (χ2n) is 10.7. The summed E-state index contributed by atoms with van der Waals surface area (Å²) in [5.74, 6) is -0.107. The molecule has 11 nitrogen and oxygen atoms in total. The number of nitriles is 1. The van der Waals surface area contributed by atoms with Crippen LogP contribution in [-0.4, -0.2) is 77.9 Å². The van der Waals surface area contributed by atoms with Crippen molar-refractivity contribution in [2.24, 2.45) is 4.99 Å². The number of aliphatic imine (C=N–C) groups is 1. The molecule has 2 atom stereocenters. The molecule has 2 unspecified atom stereocenters. The monoisotopic (exact) mass is 570 g/mol. The zero-order chi connectivity index (χ0) is 29.5. The lowest BCUT2D eigenvalue weighted by Gasteiger charge is -2.56. The molecular formula is C27H29F3N8O3. The van der Waals surface area contributed by atoms with Gasteiger partial charge in [0.25, 0.3) is 5.82 Å². The molecule has 2 bridgehead atoms. The predicted octanol–water partition coefficient (Wildman–Crippen LogP) is 3.66. The number of allylic oxidation sites excluding steroid dienone is 2. The molecule has 6 rings (SSSR count). The van der Waals surface area contributed by atoms with Crippen molar-refractivity contribution < 1.29 is 27.5 Å². The molecular weight excluding hydrogens is 541 g/mol. The number of nitrogens with zero attached hydrogens (tertiary/aromatic N) is 8. The summed E-state index contributed by atoms with van der Waals surface area (Å²) < 4.78 is 50.6. The highest BCUT2D eigenvalue weighted by atomic mass is 19.4. The number of piperazine rings is 1. The van der Waals surface area contributed by atoms with E-state index in [4.69, 9.17) is 9.26 Å². The molecule has 0 aromatic carbocycles. The average molecular weight is 571 g/mol. The van der Waals surface area contributed by atoms with Gasteiger partial charge in [0.05, 0.1) is 35.6 Å². The first-order valence-electron chi connectivity index (χ1n) is 12.9. The summed E-state index contributed by atoms with van der Waals surface area (Å²) in [5, 5.41) is 27.0. The van der Waals surface area contributed by atoms with Crippen LogP contribution < -0.4 is 4.74 Å². The summed E-state index contributed by atoms with van der Waals surface area (Å²) >= 11 is 0. The summed E-state index contributed by atoms with van der Waals surface area (Å²) in [6.45, 7) is 10.6. The average Bonchev–Trinajstić information content (AvgIpc) is 3.57. The Kier molecular flexibility index (Phi) is 7.35. The summed E-state index contributed by atoms with van der Waals surface area (Å²) in [4.78, 5) is 12.4. The lowest BCUT2D eigenvalue weighted by Crippen LogP contribution is -2.68. The third-order valence-electron chi connectivity index (χ3n) is 7.06. The Morgan fingerprint density at radius 3 is 2.68 bits per heavy atom. The third-order valence-corrected chi connectivity index (χ3v) is 7.06. The lowest BCUT2D eigenvalue weighted by molar-refractivity contribution is -0.146. The van der Waals surface area contributed by atoms with Crippen LogP contribution in [0.3, 0.4) is 0 Å². The number of alkyl halides is 3. The van der Waals surface area contributed by atoms with Crippen molar-refractivity contribution in [3.05, 3.63) is 60.2 Å². The van der Waals surface area contributed by atoms with Gasteiger partial charge in [-0.15, -0.1) is 0 Å². The molecule has 0 aliphatic carbocycles. The van der Waals surface area contributed by atoms with Crippen molar-refractivity contribution in [3.8, 4) is 11.8 Å². The Balaban J connectivity index is 1.33. The summed E-state index contributed by atoms with van der Waals surface area (Å²) in [6, 6.07) is 4.16. The minimum atomic E-state index is -4.64. The molecule has 1 N–H and O–H groups in total. The maximum atomic E-state index is 12.8. The summed E-state index contributed by atoms with van der Waals surface area (Å²) in [6.07, 6.45) is 2.70. The number of hydrogen-bond donors (Lipinski definition) is 1. The number of aliphatic hydroxyl groups is 1. The molecule has 0 amide bonds. The van der Waals surface area contributed by atoms with Gasteiger partial charge in [0.2, 0.25) is 5.89 Å². The van der Waals surface area contributed by atoms with E-state index in [9.17, 15) is 23.5 Å². The zero-order valence-electron chi connectivity index (χ0n) is 22.8. The van der Waals surface area contributed by atoms with E-state index in [0.29, 0.717) is 41.1 Å². The van der Waals surface area contributed by atoms with Gasteiger partial charge >= 0.3 is 6.18 Å². The number of hydrogen-bond acceptors (Lipinski definition) is 9. The summed E-state index contributed by atoms with van der Waals surface area (Å²) in [7, 11) is 0. The Morgan fingerprint density at radius 2 is 2.07 bits per heavy atom. The van der Waals surface area contributed by atoms with Crippen LogP contribution in [0.2, 0.25) is 0 Å². The van der Waals surface area contributed by atoms with E-state index >= 15 is 0 Å². The predicted molar refractivity (Wildman–Crippen MR) is 142 cm³/mol. The Bertz CT molecular complexity index is 1550. The Hall–Kier alpha value is -4.22. The van der Waals surface area contributed by atoms with Crippen LogP contribution >= 0.6 is 0 Å².